The van der Waals surface area contributed by atoms with Gasteiger partial charge in [-0.25, -0.2) is 0 Å². The molecule has 1 rings (SSSR count). The van der Waals surface area contributed by atoms with E-state index in [1.54, 1.807) is 6.07 Å². The van der Waals surface area contributed by atoms with E-state index in [1.165, 1.54) is 0 Å². The summed E-state index contributed by atoms with van der Waals surface area (Å²) in [5.41, 5.74) is 2.13. The molecule has 0 aliphatic carbocycles. The third-order valence-corrected chi connectivity index (χ3v) is 1.81. The molecule has 0 bridgehead atoms. The van der Waals surface area contributed by atoms with Crippen LogP contribution in [0, 0.1) is 6.92 Å². The van der Waals surface area contributed by atoms with Crippen LogP contribution in [-0.2, 0) is 0 Å². The van der Waals surface area contributed by atoms with Gasteiger partial charge in [0.15, 0.2) is 0 Å². The Morgan fingerprint density at radius 2 is 1.69 bits per heavy atom. The lowest BCUT2D eigenvalue weighted by atomic mass is 10.0. The Hall–Kier alpha value is -0.280. The molecule has 0 atom stereocenters. The predicted octanol–water partition coefficient (Wildman–Crippen LogP) is 4.12. The molecule has 13 heavy (non-hydrogen) atoms. The van der Waals surface area contributed by atoms with Crippen molar-refractivity contribution in [3.8, 4) is 5.75 Å². The highest BCUT2D eigenvalue weighted by atomic mass is 32.1. The van der Waals surface area contributed by atoms with Crippen molar-refractivity contribution in [2.75, 3.05) is 0 Å². The van der Waals surface area contributed by atoms with E-state index < -0.39 is 0 Å². The van der Waals surface area contributed by atoms with Gasteiger partial charge in [-0.05, 0) is 30.0 Å². The van der Waals surface area contributed by atoms with Crippen molar-refractivity contribution in [3.63, 3.8) is 0 Å². The van der Waals surface area contributed by atoms with Gasteiger partial charge >= 0.3 is 0 Å². The largest absolute Gasteiger partial charge is 0.508 e. The van der Waals surface area contributed by atoms with Gasteiger partial charge < -0.3 is 5.11 Å². The highest BCUT2D eigenvalue weighted by Gasteiger charge is 2.03. The summed E-state index contributed by atoms with van der Waals surface area (Å²) in [5.74, 6) is 0.815. The second-order valence-electron chi connectivity index (χ2n) is 3.22. The standard InChI is InChI=1S/C10H14O.2S/c1-7(2)9-5-4-8(3)6-10(9)11;;/h4-7,11H,1-3H3;;. The van der Waals surface area contributed by atoms with Crippen LogP contribution < -0.4 is 0 Å². The number of rotatable bonds is 1. The minimum absolute atomic E-state index is 0. The van der Waals surface area contributed by atoms with Gasteiger partial charge in [-0.15, -0.1) is 0 Å². The summed E-state index contributed by atoms with van der Waals surface area (Å²) >= 11 is 0. The molecular formula is C10H14OS2. The molecule has 1 N–H and O–H groups in total. The molecule has 0 spiro atoms. The number of aromatic hydroxyl groups is 1. The molecule has 3 heteroatoms. The number of phenols is 1. The van der Waals surface area contributed by atoms with Gasteiger partial charge in [-0.1, -0.05) is 26.0 Å². The molecule has 1 aromatic rings. The molecule has 0 saturated heterocycles. The zero-order valence-corrected chi connectivity index (χ0v) is 9.71. The lowest BCUT2D eigenvalue weighted by Gasteiger charge is -2.07. The summed E-state index contributed by atoms with van der Waals surface area (Å²) in [4.78, 5) is 0. The van der Waals surface area contributed by atoms with Crippen molar-refractivity contribution in [1.82, 2.24) is 0 Å². The smallest absolute Gasteiger partial charge is 0.119 e. The lowest BCUT2D eigenvalue weighted by molar-refractivity contribution is 0.464. The van der Waals surface area contributed by atoms with E-state index in [0.29, 0.717) is 11.7 Å². The number of hydrogen-bond acceptors (Lipinski definition) is 1. The quantitative estimate of drug-likeness (QED) is 0.745. The summed E-state index contributed by atoms with van der Waals surface area (Å²) in [6, 6.07) is 5.81. The Bertz CT molecular complexity index is 259. The molecule has 1 aromatic carbocycles. The third-order valence-electron chi connectivity index (χ3n) is 1.81. The van der Waals surface area contributed by atoms with Gasteiger partial charge in [0.05, 0.1) is 0 Å². The number of benzene rings is 1. The van der Waals surface area contributed by atoms with Crippen LogP contribution in [0.5, 0.6) is 5.75 Å². The fourth-order valence-corrected chi connectivity index (χ4v) is 1.14. The Balaban J connectivity index is 0. The molecule has 0 aromatic heterocycles. The van der Waals surface area contributed by atoms with E-state index in [9.17, 15) is 5.11 Å². The fraction of sp³-hybridized carbons (Fsp3) is 0.400. The maximum Gasteiger partial charge on any atom is 0.119 e. The Kier molecular flexibility index (Phi) is 7.27. The first kappa shape index (κ1) is 15.2. The third kappa shape index (κ3) is 3.96. The van der Waals surface area contributed by atoms with Crippen molar-refractivity contribution < 1.29 is 5.11 Å². The van der Waals surface area contributed by atoms with Crippen molar-refractivity contribution in [1.29, 1.82) is 0 Å². The topological polar surface area (TPSA) is 20.2 Å². The van der Waals surface area contributed by atoms with Gasteiger partial charge in [-0.3, -0.25) is 0 Å². The molecule has 0 heterocycles. The molecule has 0 fully saturated rings. The van der Waals surface area contributed by atoms with Crippen LogP contribution in [0.15, 0.2) is 18.2 Å². The summed E-state index contributed by atoms with van der Waals surface area (Å²) in [6.45, 7) is 6.12. The molecule has 0 amide bonds. The predicted molar refractivity (Wildman–Crippen MR) is 62.1 cm³/mol. The Morgan fingerprint density at radius 1 is 1.15 bits per heavy atom. The molecule has 4 radical (unpaired) electrons. The number of aryl methyl sites for hydroxylation is 1. The highest BCUT2D eigenvalue weighted by molar-refractivity contribution is 7.59. The summed E-state index contributed by atoms with van der Waals surface area (Å²) in [7, 11) is 0. The first-order valence-corrected chi connectivity index (χ1v) is 3.91. The van der Waals surface area contributed by atoms with Crippen LogP contribution in [0.25, 0.3) is 0 Å². The van der Waals surface area contributed by atoms with Gasteiger partial charge in [0.25, 0.3) is 0 Å². The summed E-state index contributed by atoms with van der Waals surface area (Å²) < 4.78 is 0. The van der Waals surface area contributed by atoms with E-state index in [4.69, 9.17) is 0 Å². The van der Waals surface area contributed by atoms with E-state index in [0.717, 1.165) is 11.1 Å². The van der Waals surface area contributed by atoms with Crippen molar-refractivity contribution in [2.45, 2.75) is 26.7 Å². The molecule has 0 aliphatic heterocycles. The van der Waals surface area contributed by atoms with Crippen LogP contribution in [0.3, 0.4) is 0 Å². The summed E-state index contributed by atoms with van der Waals surface area (Å²) in [5, 5.41) is 9.46. The van der Waals surface area contributed by atoms with E-state index in [1.807, 2.05) is 19.1 Å². The van der Waals surface area contributed by atoms with Gasteiger partial charge in [0, 0.05) is 27.0 Å². The maximum atomic E-state index is 9.46. The number of hydrogen-bond donors (Lipinski definition) is 1. The van der Waals surface area contributed by atoms with Crippen LogP contribution in [0.1, 0.15) is 30.9 Å². The van der Waals surface area contributed by atoms with E-state index >= 15 is 0 Å². The SMILES string of the molecule is Cc1ccc(C(C)C)c(O)c1.[S].[S]. The summed E-state index contributed by atoms with van der Waals surface area (Å²) in [6.07, 6.45) is 0. The van der Waals surface area contributed by atoms with Crippen molar-refractivity contribution >= 4 is 27.0 Å². The van der Waals surface area contributed by atoms with Crippen molar-refractivity contribution in [3.05, 3.63) is 29.3 Å². The molecule has 1 nitrogen and oxygen atoms in total. The zero-order chi connectivity index (χ0) is 8.43. The van der Waals surface area contributed by atoms with E-state index in [-0.39, 0.29) is 27.0 Å². The maximum absolute atomic E-state index is 9.46. The minimum Gasteiger partial charge on any atom is -0.508 e. The second kappa shape index (κ2) is 6.22. The second-order valence-corrected chi connectivity index (χ2v) is 3.22. The van der Waals surface area contributed by atoms with Gasteiger partial charge in [0.2, 0.25) is 0 Å². The Morgan fingerprint density at radius 3 is 2.08 bits per heavy atom. The molecule has 72 valence electrons. The molecule has 0 saturated carbocycles. The lowest BCUT2D eigenvalue weighted by Crippen LogP contribution is -1.87. The van der Waals surface area contributed by atoms with Crippen LogP contribution >= 0.6 is 27.0 Å². The van der Waals surface area contributed by atoms with Crippen LogP contribution in [-0.4, -0.2) is 5.11 Å². The average Bonchev–Trinajstić information content (AvgIpc) is 1.85. The monoisotopic (exact) mass is 214 g/mol. The fourth-order valence-electron chi connectivity index (χ4n) is 1.14. The molecule has 0 aliphatic rings. The van der Waals surface area contributed by atoms with E-state index in [2.05, 4.69) is 13.8 Å². The molecular weight excluding hydrogens is 200 g/mol. The van der Waals surface area contributed by atoms with Gasteiger partial charge in [0.1, 0.15) is 5.75 Å². The van der Waals surface area contributed by atoms with Gasteiger partial charge in [-0.2, -0.15) is 0 Å². The van der Waals surface area contributed by atoms with Crippen molar-refractivity contribution in [2.24, 2.45) is 0 Å². The zero-order valence-electron chi connectivity index (χ0n) is 8.07. The van der Waals surface area contributed by atoms with Crippen LogP contribution in [0.2, 0.25) is 0 Å². The van der Waals surface area contributed by atoms with Crippen LogP contribution in [0.4, 0.5) is 0 Å². The Labute approximate surface area is 94.1 Å². The first-order valence-electron chi connectivity index (χ1n) is 3.91. The normalized spacial score (nSPS) is 8.92. The average molecular weight is 214 g/mol. The minimum atomic E-state index is 0. The highest BCUT2D eigenvalue weighted by Crippen LogP contribution is 2.25. The molecule has 0 unspecified atom stereocenters. The number of phenolic OH excluding ortho intramolecular Hbond substituents is 1. The first-order chi connectivity index (χ1) is 5.11.